The average Bonchev–Trinajstić information content (AvgIpc) is 3.59. The Bertz CT molecular complexity index is 2140. The molecule has 3 nitrogen and oxygen atoms in total. The lowest BCUT2D eigenvalue weighted by molar-refractivity contribution is 0.724. The molecule has 0 radical (unpaired) electrons. The molecule has 9 rings (SSSR count). The van der Waals surface area contributed by atoms with Gasteiger partial charge in [0.2, 0.25) is 0 Å². The fraction of sp³-hybridized carbons (Fsp3) is 0.0488. The molecule has 0 aliphatic heterocycles. The number of halogens is 1. The predicted molar refractivity (Wildman–Crippen MR) is 185 cm³/mol. The van der Waals surface area contributed by atoms with E-state index in [1.807, 2.05) is 37.2 Å². The molecular formula is C41H26BrN3. The maximum atomic E-state index is 4.27. The summed E-state index contributed by atoms with van der Waals surface area (Å²) in [5.41, 5.74) is 17.9. The van der Waals surface area contributed by atoms with Gasteiger partial charge in [-0.2, -0.15) is 0 Å². The lowest BCUT2D eigenvalue weighted by atomic mass is 9.77. The van der Waals surface area contributed by atoms with Crippen molar-refractivity contribution in [1.82, 2.24) is 15.0 Å². The Hall–Kier alpha value is -5.19. The molecule has 1 atom stereocenters. The Kier molecular flexibility index (Phi) is 6.10. The molecule has 0 saturated heterocycles. The summed E-state index contributed by atoms with van der Waals surface area (Å²) in [5, 5.41) is 0. The van der Waals surface area contributed by atoms with Crippen molar-refractivity contribution < 1.29 is 0 Å². The number of rotatable bonds is 4. The summed E-state index contributed by atoms with van der Waals surface area (Å²) in [6.45, 7) is 0. The van der Waals surface area contributed by atoms with Crippen LogP contribution in [0.2, 0.25) is 0 Å². The molecule has 2 aliphatic carbocycles. The highest BCUT2D eigenvalue weighted by Crippen LogP contribution is 2.59. The second-order valence-corrected chi connectivity index (χ2v) is 12.7. The molecule has 3 aromatic heterocycles. The number of nitrogens with zero attached hydrogens (tertiary/aromatic N) is 3. The van der Waals surface area contributed by atoms with Gasteiger partial charge in [-0.1, -0.05) is 58.4 Å². The van der Waals surface area contributed by atoms with Gasteiger partial charge in [0, 0.05) is 53.5 Å². The molecule has 4 heteroatoms. The standard InChI is InChI=1S/C41H26BrN3/c42-31-4-8-35-34-7-3-30(27-13-19-45-20-14-27)23-38(34)41(39(35)24-31)40-36-21-28(25-9-15-43-16-10-25)1-5-32(36)33-6-2-29(22-37(33)40)26-11-17-44-18-12-26/h1-24,40-41H. The summed E-state index contributed by atoms with van der Waals surface area (Å²) in [6, 6.07) is 40.3. The second-order valence-electron chi connectivity index (χ2n) is 11.8. The van der Waals surface area contributed by atoms with Gasteiger partial charge in [-0.15, -0.1) is 0 Å². The first kappa shape index (κ1) is 26.2. The minimum Gasteiger partial charge on any atom is -0.265 e. The highest BCUT2D eigenvalue weighted by molar-refractivity contribution is 9.10. The van der Waals surface area contributed by atoms with Crippen molar-refractivity contribution in [2.24, 2.45) is 0 Å². The number of aromatic nitrogens is 3. The number of benzene rings is 4. The maximum absolute atomic E-state index is 4.27. The Balaban J connectivity index is 1.31. The summed E-state index contributed by atoms with van der Waals surface area (Å²) in [6.07, 6.45) is 11.2. The fourth-order valence-electron chi connectivity index (χ4n) is 7.46. The van der Waals surface area contributed by atoms with Crippen LogP contribution in [0.4, 0.5) is 0 Å². The first-order chi connectivity index (χ1) is 22.2. The molecule has 0 spiro atoms. The van der Waals surface area contributed by atoms with Gasteiger partial charge in [0.05, 0.1) is 0 Å². The van der Waals surface area contributed by atoms with Gasteiger partial charge < -0.3 is 0 Å². The van der Waals surface area contributed by atoms with E-state index in [9.17, 15) is 0 Å². The van der Waals surface area contributed by atoms with Crippen LogP contribution in [0, 0.1) is 0 Å². The third-order valence-electron chi connectivity index (χ3n) is 9.46. The van der Waals surface area contributed by atoms with Gasteiger partial charge in [0.15, 0.2) is 0 Å². The van der Waals surface area contributed by atoms with E-state index in [1.54, 1.807) is 0 Å². The van der Waals surface area contributed by atoms with E-state index in [0.29, 0.717) is 0 Å². The maximum Gasteiger partial charge on any atom is 0.0273 e. The Morgan fingerprint density at radius 1 is 0.333 bits per heavy atom. The summed E-state index contributed by atoms with van der Waals surface area (Å²) < 4.78 is 1.10. The monoisotopic (exact) mass is 639 g/mol. The lowest BCUT2D eigenvalue weighted by Gasteiger charge is -2.25. The minimum absolute atomic E-state index is 0.126. The van der Waals surface area contributed by atoms with Crippen LogP contribution in [0.1, 0.15) is 34.1 Å². The van der Waals surface area contributed by atoms with Crippen LogP contribution >= 0.6 is 15.9 Å². The van der Waals surface area contributed by atoms with Crippen molar-refractivity contribution in [3.63, 3.8) is 0 Å². The van der Waals surface area contributed by atoms with Gasteiger partial charge in [-0.25, -0.2) is 0 Å². The smallest absolute Gasteiger partial charge is 0.0273 e. The van der Waals surface area contributed by atoms with Crippen LogP contribution in [0.3, 0.4) is 0 Å². The number of pyridine rings is 3. The molecule has 4 aromatic carbocycles. The van der Waals surface area contributed by atoms with E-state index in [2.05, 4.69) is 140 Å². The second kappa shape index (κ2) is 10.5. The van der Waals surface area contributed by atoms with Gasteiger partial charge in [0.25, 0.3) is 0 Å². The first-order valence-electron chi connectivity index (χ1n) is 15.2. The topological polar surface area (TPSA) is 38.7 Å². The van der Waals surface area contributed by atoms with Crippen molar-refractivity contribution >= 4 is 15.9 Å². The number of hydrogen-bond acceptors (Lipinski definition) is 3. The molecule has 3 heterocycles. The summed E-state index contributed by atoms with van der Waals surface area (Å²) >= 11 is 3.83. The third kappa shape index (κ3) is 4.28. The molecule has 0 saturated carbocycles. The zero-order chi connectivity index (χ0) is 29.9. The highest BCUT2D eigenvalue weighted by atomic mass is 79.9. The normalized spacial score (nSPS) is 14.5. The summed E-state index contributed by atoms with van der Waals surface area (Å²) in [7, 11) is 0. The van der Waals surface area contributed by atoms with E-state index in [-0.39, 0.29) is 11.8 Å². The van der Waals surface area contributed by atoms with Crippen molar-refractivity contribution in [2.45, 2.75) is 11.8 Å². The van der Waals surface area contributed by atoms with Crippen molar-refractivity contribution in [2.75, 3.05) is 0 Å². The Labute approximate surface area is 270 Å². The Morgan fingerprint density at radius 2 is 0.644 bits per heavy atom. The van der Waals surface area contributed by atoms with Crippen LogP contribution in [0.25, 0.3) is 55.6 Å². The highest BCUT2D eigenvalue weighted by Gasteiger charge is 2.41. The van der Waals surface area contributed by atoms with Gasteiger partial charge in [0.1, 0.15) is 0 Å². The molecule has 0 N–H and O–H groups in total. The molecule has 7 aromatic rings. The molecular weight excluding hydrogens is 614 g/mol. The van der Waals surface area contributed by atoms with Gasteiger partial charge in [-0.3, -0.25) is 15.0 Å². The van der Waals surface area contributed by atoms with Crippen LogP contribution in [0.15, 0.2) is 151 Å². The van der Waals surface area contributed by atoms with E-state index in [0.717, 1.165) is 4.47 Å². The van der Waals surface area contributed by atoms with Crippen molar-refractivity contribution in [1.29, 1.82) is 0 Å². The van der Waals surface area contributed by atoms with Crippen LogP contribution < -0.4 is 0 Å². The molecule has 2 aliphatic rings. The molecule has 212 valence electrons. The summed E-state index contributed by atoms with van der Waals surface area (Å²) in [5.74, 6) is 0.259. The summed E-state index contributed by atoms with van der Waals surface area (Å²) in [4.78, 5) is 12.8. The predicted octanol–water partition coefficient (Wildman–Crippen LogP) is 10.6. The average molecular weight is 641 g/mol. The fourth-order valence-corrected chi connectivity index (χ4v) is 7.84. The lowest BCUT2D eigenvalue weighted by Crippen LogP contribution is -2.10. The number of hydrogen-bond donors (Lipinski definition) is 0. The van der Waals surface area contributed by atoms with Crippen LogP contribution in [-0.2, 0) is 0 Å². The quantitative estimate of drug-likeness (QED) is 0.192. The molecule has 1 unspecified atom stereocenters. The van der Waals surface area contributed by atoms with E-state index in [1.165, 1.54) is 77.9 Å². The van der Waals surface area contributed by atoms with E-state index < -0.39 is 0 Å². The van der Waals surface area contributed by atoms with Gasteiger partial charge in [-0.05, 0) is 145 Å². The van der Waals surface area contributed by atoms with Crippen molar-refractivity contribution in [3.05, 3.63) is 173 Å². The first-order valence-corrected chi connectivity index (χ1v) is 16.0. The van der Waals surface area contributed by atoms with E-state index in [4.69, 9.17) is 0 Å². The SMILES string of the molecule is Brc1ccc2c(c1)C(C1c3cc(-c4ccncc4)ccc3-c3ccc(-c4ccncc4)cc31)c1cc(-c3ccncc3)ccc1-2. The van der Waals surface area contributed by atoms with Crippen LogP contribution in [-0.4, -0.2) is 15.0 Å². The zero-order valence-electron chi connectivity index (χ0n) is 24.2. The zero-order valence-corrected chi connectivity index (χ0v) is 25.8. The molecule has 0 bridgehead atoms. The number of fused-ring (bicyclic) bond motifs is 6. The Morgan fingerprint density at radius 3 is 1.00 bits per heavy atom. The molecule has 0 amide bonds. The van der Waals surface area contributed by atoms with Crippen LogP contribution in [0.5, 0.6) is 0 Å². The van der Waals surface area contributed by atoms with E-state index >= 15 is 0 Å². The third-order valence-corrected chi connectivity index (χ3v) is 9.96. The molecule has 45 heavy (non-hydrogen) atoms. The minimum atomic E-state index is 0.126. The largest absolute Gasteiger partial charge is 0.265 e. The van der Waals surface area contributed by atoms with Gasteiger partial charge >= 0.3 is 0 Å². The molecule has 0 fully saturated rings. The van der Waals surface area contributed by atoms with Crippen molar-refractivity contribution in [3.8, 4) is 55.6 Å².